The van der Waals surface area contributed by atoms with E-state index in [0.717, 1.165) is 0 Å². The SMILES string of the molecule is C[C@H](O)CNC(=O)c1nccc2nn(Cc3cnc(OCC(F)(F)C(F)F)c(Cl)c3)cc12. The molecular weight excluding hydrogens is 458 g/mol. The zero-order valence-corrected chi connectivity index (χ0v) is 17.4. The van der Waals surface area contributed by atoms with Crippen LogP contribution in [0.2, 0.25) is 5.02 Å². The Kier molecular flexibility index (Phi) is 7.14. The number of halogens is 5. The summed E-state index contributed by atoms with van der Waals surface area (Å²) in [4.78, 5) is 20.2. The minimum atomic E-state index is -4.33. The van der Waals surface area contributed by atoms with E-state index in [1.807, 2.05) is 0 Å². The van der Waals surface area contributed by atoms with Crippen molar-refractivity contribution >= 4 is 28.4 Å². The molecule has 3 aromatic heterocycles. The molecule has 1 atom stereocenters. The van der Waals surface area contributed by atoms with Gasteiger partial charge in [0.25, 0.3) is 5.91 Å². The number of aliphatic hydroxyl groups is 1. The van der Waals surface area contributed by atoms with Crippen LogP contribution in [0, 0.1) is 0 Å². The predicted molar refractivity (Wildman–Crippen MR) is 106 cm³/mol. The number of ether oxygens (including phenoxy) is 1. The van der Waals surface area contributed by atoms with E-state index >= 15 is 0 Å². The molecule has 0 saturated heterocycles. The molecule has 0 aliphatic carbocycles. The number of aliphatic hydroxyl groups excluding tert-OH is 1. The van der Waals surface area contributed by atoms with Crippen LogP contribution in [0.3, 0.4) is 0 Å². The molecule has 0 bridgehead atoms. The highest BCUT2D eigenvalue weighted by Crippen LogP contribution is 2.28. The number of pyridine rings is 2. The molecule has 0 aromatic carbocycles. The summed E-state index contributed by atoms with van der Waals surface area (Å²) in [6.45, 7) is 0.191. The number of hydrogen-bond acceptors (Lipinski definition) is 6. The van der Waals surface area contributed by atoms with Crippen LogP contribution in [0.15, 0.2) is 30.7 Å². The summed E-state index contributed by atoms with van der Waals surface area (Å²) in [7, 11) is 0. The highest BCUT2D eigenvalue weighted by Gasteiger charge is 2.42. The van der Waals surface area contributed by atoms with E-state index in [1.54, 1.807) is 12.3 Å². The molecule has 0 unspecified atom stereocenters. The van der Waals surface area contributed by atoms with Crippen molar-refractivity contribution in [3.05, 3.63) is 47.0 Å². The summed E-state index contributed by atoms with van der Waals surface area (Å²) in [5.41, 5.74) is 1.15. The Hall–Kier alpha value is -2.99. The van der Waals surface area contributed by atoms with Crippen LogP contribution < -0.4 is 10.1 Å². The van der Waals surface area contributed by atoms with Crippen LogP contribution >= 0.6 is 11.6 Å². The van der Waals surface area contributed by atoms with Crippen molar-refractivity contribution in [2.24, 2.45) is 0 Å². The number of carbonyl (C=O) groups excluding carboxylic acids is 1. The molecule has 8 nitrogen and oxygen atoms in total. The van der Waals surface area contributed by atoms with Gasteiger partial charge in [0.1, 0.15) is 10.7 Å². The van der Waals surface area contributed by atoms with Gasteiger partial charge >= 0.3 is 12.3 Å². The van der Waals surface area contributed by atoms with Crippen molar-refractivity contribution < 1.29 is 32.2 Å². The van der Waals surface area contributed by atoms with Crippen LogP contribution in [-0.4, -0.2) is 62.4 Å². The quantitative estimate of drug-likeness (QED) is 0.461. The molecule has 0 aliphatic rings. The lowest BCUT2D eigenvalue weighted by molar-refractivity contribution is -0.148. The van der Waals surface area contributed by atoms with E-state index in [2.05, 4.69) is 25.1 Å². The van der Waals surface area contributed by atoms with Gasteiger partial charge in [-0.05, 0) is 24.6 Å². The van der Waals surface area contributed by atoms with Gasteiger partial charge in [0, 0.05) is 25.1 Å². The maximum absolute atomic E-state index is 13.0. The third kappa shape index (κ3) is 5.62. The van der Waals surface area contributed by atoms with Crippen molar-refractivity contribution in [1.82, 2.24) is 25.1 Å². The lowest BCUT2D eigenvalue weighted by Gasteiger charge is -2.16. The Morgan fingerprint density at radius 3 is 2.78 bits per heavy atom. The second-order valence-corrected chi connectivity index (χ2v) is 7.37. The fourth-order valence-electron chi connectivity index (χ4n) is 2.65. The summed E-state index contributed by atoms with van der Waals surface area (Å²) in [6.07, 6.45) is -0.296. The first-order chi connectivity index (χ1) is 15.1. The molecule has 1 amide bonds. The third-order valence-corrected chi connectivity index (χ3v) is 4.45. The van der Waals surface area contributed by atoms with Crippen molar-refractivity contribution in [2.45, 2.75) is 31.9 Å². The second kappa shape index (κ2) is 9.65. The Balaban J connectivity index is 1.74. The number of alkyl halides is 4. The topological polar surface area (TPSA) is 102 Å². The van der Waals surface area contributed by atoms with E-state index in [0.29, 0.717) is 16.5 Å². The molecular formula is C19H18ClF4N5O3. The highest BCUT2D eigenvalue weighted by molar-refractivity contribution is 6.31. The molecule has 32 heavy (non-hydrogen) atoms. The molecule has 3 heterocycles. The van der Waals surface area contributed by atoms with Crippen LogP contribution in [-0.2, 0) is 6.54 Å². The van der Waals surface area contributed by atoms with Crippen LogP contribution in [0.5, 0.6) is 5.88 Å². The zero-order chi connectivity index (χ0) is 23.5. The average Bonchev–Trinajstić information content (AvgIpc) is 3.13. The molecule has 172 valence electrons. The van der Waals surface area contributed by atoms with Crippen LogP contribution in [0.25, 0.3) is 10.9 Å². The van der Waals surface area contributed by atoms with Crippen molar-refractivity contribution in [3.8, 4) is 5.88 Å². The maximum Gasteiger partial charge on any atom is 0.340 e. The fraction of sp³-hybridized carbons (Fsp3) is 0.368. The minimum absolute atomic E-state index is 0.0624. The van der Waals surface area contributed by atoms with Crippen molar-refractivity contribution in [3.63, 3.8) is 0 Å². The van der Waals surface area contributed by atoms with E-state index in [9.17, 15) is 27.5 Å². The van der Waals surface area contributed by atoms with Gasteiger partial charge in [0.15, 0.2) is 6.61 Å². The Labute approximate surface area is 184 Å². The first kappa shape index (κ1) is 23.7. The second-order valence-electron chi connectivity index (χ2n) is 6.96. The molecule has 2 N–H and O–H groups in total. The Morgan fingerprint density at radius 1 is 1.38 bits per heavy atom. The first-order valence-electron chi connectivity index (χ1n) is 9.28. The number of amides is 1. The number of hydrogen-bond donors (Lipinski definition) is 2. The van der Waals surface area contributed by atoms with Gasteiger partial charge in [-0.1, -0.05) is 11.6 Å². The van der Waals surface area contributed by atoms with Crippen molar-refractivity contribution in [2.75, 3.05) is 13.2 Å². The standard InChI is InChI=1S/C19H18ClF4N5O3/c1-10(30)5-26-16(31)15-12-8-29(28-14(12)2-3-25-15)7-11-4-13(20)17(27-6-11)32-9-19(23,24)18(21)22/h2-4,6,8,10,18,30H,5,7,9H2,1H3,(H,26,31)/t10-/m0/s1. The number of nitrogens with one attached hydrogen (secondary N) is 1. The Morgan fingerprint density at radius 2 is 2.12 bits per heavy atom. The first-order valence-corrected chi connectivity index (χ1v) is 9.66. The molecule has 3 aromatic rings. The molecule has 3 rings (SSSR count). The lowest BCUT2D eigenvalue weighted by atomic mass is 10.2. The van der Waals surface area contributed by atoms with Gasteiger partial charge in [-0.15, -0.1) is 0 Å². The van der Waals surface area contributed by atoms with Gasteiger partial charge in [-0.2, -0.15) is 13.9 Å². The van der Waals surface area contributed by atoms with E-state index < -0.39 is 36.8 Å². The van der Waals surface area contributed by atoms with Crippen molar-refractivity contribution in [1.29, 1.82) is 0 Å². The fourth-order valence-corrected chi connectivity index (χ4v) is 2.90. The largest absolute Gasteiger partial charge is 0.470 e. The van der Waals surface area contributed by atoms with Gasteiger partial charge < -0.3 is 15.2 Å². The number of fused-ring (bicyclic) bond motifs is 1. The van der Waals surface area contributed by atoms with Gasteiger partial charge in [-0.3, -0.25) is 14.5 Å². The van der Waals surface area contributed by atoms with Gasteiger partial charge in [0.05, 0.1) is 23.6 Å². The lowest BCUT2D eigenvalue weighted by Crippen LogP contribution is -2.34. The summed E-state index contributed by atoms with van der Waals surface area (Å²) < 4.78 is 56.6. The molecule has 13 heteroatoms. The van der Waals surface area contributed by atoms with Gasteiger partial charge in [-0.25, -0.2) is 13.8 Å². The number of rotatable bonds is 9. The monoisotopic (exact) mass is 475 g/mol. The number of carbonyl (C=O) groups is 1. The van der Waals surface area contributed by atoms with Crippen LogP contribution in [0.1, 0.15) is 23.0 Å². The van der Waals surface area contributed by atoms with E-state index in [4.69, 9.17) is 11.6 Å². The zero-order valence-electron chi connectivity index (χ0n) is 16.6. The maximum atomic E-state index is 13.0. The Bertz CT molecular complexity index is 1110. The molecule has 0 radical (unpaired) electrons. The molecule has 0 aliphatic heterocycles. The smallest absolute Gasteiger partial charge is 0.340 e. The number of aromatic nitrogens is 4. The molecule has 0 spiro atoms. The normalized spacial score (nSPS) is 12.9. The summed E-state index contributed by atoms with van der Waals surface area (Å²) >= 11 is 5.98. The predicted octanol–water partition coefficient (Wildman–Crippen LogP) is 2.92. The summed E-state index contributed by atoms with van der Waals surface area (Å²) in [5, 5.41) is 16.6. The minimum Gasteiger partial charge on any atom is -0.470 e. The van der Waals surface area contributed by atoms with E-state index in [1.165, 1.54) is 30.1 Å². The summed E-state index contributed by atoms with van der Waals surface area (Å²) in [5.74, 6) is -5.20. The third-order valence-electron chi connectivity index (χ3n) is 4.18. The van der Waals surface area contributed by atoms with Crippen LogP contribution in [0.4, 0.5) is 17.6 Å². The molecule has 0 fully saturated rings. The van der Waals surface area contributed by atoms with E-state index in [-0.39, 0.29) is 23.8 Å². The summed E-state index contributed by atoms with van der Waals surface area (Å²) in [6, 6.07) is 2.99. The number of nitrogens with zero attached hydrogens (tertiary/aromatic N) is 4. The highest BCUT2D eigenvalue weighted by atomic mass is 35.5. The molecule has 0 saturated carbocycles. The average molecular weight is 476 g/mol. The van der Waals surface area contributed by atoms with Gasteiger partial charge in [0.2, 0.25) is 5.88 Å².